The Bertz CT molecular complexity index is 1190. The lowest BCUT2D eigenvalue weighted by Crippen LogP contribution is -2.35. The van der Waals surface area contributed by atoms with E-state index < -0.39 is 18.4 Å². The van der Waals surface area contributed by atoms with E-state index in [2.05, 4.69) is 15.3 Å². The number of hydrogen-bond donors (Lipinski definition) is 2. The van der Waals surface area contributed by atoms with Crippen LogP contribution in [0.25, 0.3) is 0 Å². The van der Waals surface area contributed by atoms with Crippen molar-refractivity contribution in [3.63, 3.8) is 0 Å². The highest BCUT2D eigenvalue weighted by Gasteiger charge is 2.32. The second-order valence-electron chi connectivity index (χ2n) is 8.90. The molecule has 0 saturated carbocycles. The fourth-order valence-corrected chi connectivity index (χ4v) is 4.80. The Morgan fingerprint density at radius 1 is 1.05 bits per heavy atom. The Morgan fingerprint density at radius 3 is 2.37 bits per heavy atom. The molecule has 1 aliphatic rings. The van der Waals surface area contributed by atoms with Crippen molar-refractivity contribution < 1.29 is 28.9 Å². The number of esters is 1. The highest BCUT2D eigenvalue weighted by atomic mass is 32.2. The summed E-state index contributed by atoms with van der Waals surface area (Å²) >= 11 is 1.54. The molecule has 0 radical (unpaired) electrons. The molecule has 0 bridgehead atoms. The summed E-state index contributed by atoms with van der Waals surface area (Å²) in [5.74, 6) is -0.194. The third kappa shape index (κ3) is 7.84. The summed E-state index contributed by atoms with van der Waals surface area (Å²) in [6.07, 6.45) is 2.37. The van der Waals surface area contributed by atoms with Gasteiger partial charge in [-0.15, -0.1) is 0 Å². The Morgan fingerprint density at radius 2 is 1.71 bits per heavy atom. The van der Waals surface area contributed by atoms with E-state index in [4.69, 9.17) is 14.2 Å². The first-order chi connectivity index (χ1) is 18.4. The predicted molar refractivity (Wildman–Crippen MR) is 141 cm³/mol. The van der Waals surface area contributed by atoms with Crippen molar-refractivity contribution in [2.45, 2.75) is 63.2 Å². The van der Waals surface area contributed by atoms with Crippen molar-refractivity contribution in [2.75, 3.05) is 5.75 Å². The van der Waals surface area contributed by atoms with Gasteiger partial charge in [0.2, 0.25) is 0 Å². The third-order valence-corrected chi connectivity index (χ3v) is 6.99. The number of carbonyl (C=O) groups excluding carboxylic acids is 2. The zero-order chi connectivity index (χ0) is 26.9. The van der Waals surface area contributed by atoms with Gasteiger partial charge in [0.1, 0.15) is 0 Å². The van der Waals surface area contributed by atoms with Gasteiger partial charge in [0.15, 0.2) is 17.6 Å². The van der Waals surface area contributed by atoms with E-state index in [9.17, 15) is 14.7 Å². The molecule has 9 nitrogen and oxygen atoms in total. The molecule has 0 aliphatic carbocycles. The number of aliphatic hydroxyl groups excluding tert-OH is 1. The van der Waals surface area contributed by atoms with E-state index in [0.717, 1.165) is 22.3 Å². The average molecular weight is 538 g/mol. The normalized spacial score (nSPS) is 19.9. The molecule has 1 fully saturated rings. The number of amides is 1. The molecule has 1 amide bonds. The van der Waals surface area contributed by atoms with E-state index >= 15 is 0 Å². The zero-order valence-electron chi connectivity index (χ0n) is 21.3. The number of thioether (sulfide) groups is 1. The second kappa shape index (κ2) is 13.5. The number of carbonyl (C=O) groups is 2. The summed E-state index contributed by atoms with van der Waals surface area (Å²) < 4.78 is 17.6. The van der Waals surface area contributed by atoms with Crippen molar-refractivity contribution in [3.8, 4) is 0 Å². The fraction of sp³-hybridized carbons (Fsp3) is 0.357. The van der Waals surface area contributed by atoms with Crippen LogP contribution in [0.5, 0.6) is 0 Å². The molecule has 1 aromatic heterocycles. The van der Waals surface area contributed by atoms with Crippen molar-refractivity contribution in [1.82, 2.24) is 15.3 Å². The Balaban J connectivity index is 1.43. The van der Waals surface area contributed by atoms with Crippen molar-refractivity contribution >= 4 is 23.6 Å². The van der Waals surface area contributed by atoms with Crippen LogP contribution in [0, 0.1) is 0 Å². The lowest BCUT2D eigenvalue weighted by atomic mass is 10.0. The van der Waals surface area contributed by atoms with Crippen LogP contribution in [-0.2, 0) is 37.0 Å². The summed E-state index contributed by atoms with van der Waals surface area (Å²) in [6, 6.07) is 17.2. The van der Waals surface area contributed by atoms with Crippen LogP contribution in [0.1, 0.15) is 54.9 Å². The van der Waals surface area contributed by atoms with Crippen molar-refractivity contribution in [3.05, 3.63) is 89.2 Å². The lowest BCUT2D eigenvalue weighted by Gasteiger charge is -2.36. The fourth-order valence-electron chi connectivity index (χ4n) is 3.98. The lowest BCUT2D eigenvalue weighted by molar-refractivity contribution is -0.245. The van der Waals surface area contributed by atoms with E-state index in [0.29, 0.717) is 23.9 Å². The summed E-state index contributed by atoms with van der Waals surface area (Å²) in [6.45, 7) is 3.09. The Hall–Kier alpha value is -3.31. The third-order valence-electron chi connectivity index (χ3n) is 5.99. The molecule has 4 rings (SSSR count). The SMILES string of the molecule is CC(=O)OC(C)C(=O)NCc1ccc(C2OC(CSc3ncccn3)CC(c3ccc(CO)cc3)O2)cc1. The smallest absolute Gasteiger partial charge is 0.303 e. The van der Waals surface area contributed by atoms with Crippen LogP contribution < -0.4 is 5.32 Å². The number of nitrogens with zero attached hydrogens (tertiary/aromatic N) is 2. The van der Waals surface area contributed by atoms with Gasteiger partial charge in [-0.3, -0.25) is 9.59 Å². The molecule has 4 atom stereocenters. The number of nitrogens with one attached hydrogen (secondary N) is 1. The zero-order valence-corrected chi connectivity index (χ0v) is 22.1. The van der Waals surface area contributed by atoms with E-state index in [1.807, 2.05) is 48.5 Å². The molecule has 1 aliphatic heterocycles. The predicted octanol–water partition coefficient (Wildman–Crippen LogP) is 3.87. The number of hydrogen-bond acceptors (Lipinski definition) is 9. The van der Waals surface area contributed by atoms with E-state index in [-0.39, 0.29) is 24.7 Å². The number of rotatable bonds is 10. The minimum atomic E-state index is -0.852. The first-order valence-electron chi connectivity index (χ1n) is 12.4. The Labute approximate surface area is 225 Å². The van der Waals surface area contributed by atoms with Crippen molar-refractivity contribution in [1.29, 1.82) is 0 Å². The number of aromatic nitrogens is 2. The van der Waals surface area contributed by atoms with Crippen LogP contribution in [-0.4, -0.2) is 44.9 Å². The summed E-state index contributed by atoms with van der Waals surface area (Å²) in [5.41, 5.74) is 3.60. The minimum absolute atomic E-state index is 0.0106. The molecule has 1 saturated heterocycles. The molecule has 0 spiro atoms. The van der Waals surface area contributed by atoms with Crippen LogP contribution in [0.2, 0.25) is 0 Å². The average Bonchev–Trinajstić information content (AvgIpc) is 2.95. The van der Waals surface area contributed by atoms with Gasteiger partial charge in [0.05, 0.1) is 18.8 Å². The van der Waals surface area contributed by atoms with Gasteiger partial charge in [0.25, 0.3) is 5.91 Å². The summed E-state index contributed by atoms with van der Waals surface area (Å²) in [4.78, 5) is 31.8. The van der Waals surface area contributed by atoms with Gasteiger partial charge in [0, 0.05) is 43.6 Å². The quantitative estimate of drug-likeness (QED) is 0.226. The molecular formula is C28H31N3O6S. The molecular weight excluding hydrogens is 506 g/mol. The highest BCUT2D eigenvalue weighted by Crippen LogP contribution is 2.39. The molecule has 10 heteroatoms. The molecule has 4 unspecified atom stereocenters. The minimum Gasteiger partial charge on any atom is -0.453 e. The standard InChI is InChI=1S/C28H31N3O6S/c1-18(35-19(2)33)26(34)31-15-20-4-10-23(11-5-20)27-36-24(17-38-28-29-12-3-13-30-28)14-25(37-27)22-8-6-21(16-32)7-9-22/h3-13,18,24-25,27,32H,14-17H2,1-2H3,(H,31,34). The molecule has 2 aromatic carbocycles. The van der Waals surface area contributed by atoms with E-state index in [1.165, 1.54) is 25.6 Å². The van der Waals surface area contributed by atoms with Crippen LogP contribution in [0.4, 0.5) is 0 Å². The van der Waals surface area contributed by atoms with Crippen LogP contribution in [0.15, 0.2) is 72.1 Å². The Kier molecular flexibility index (Phi) is 9.83. The van der Waals surface area contributed by atoms with Gasteiger partial charge in [-0.25, -0.2) is 9.97 Å². The monoisotopic (exact) mass is 537 g/mol. The van der Waals surface area contributed by atoms with Gasteiger partial charge in [-0.2, -0.15) is 0 Å². The van der Waals surface area contributed by atoms with Gasteiger partial charge >= 0.3 is 5.97 Å². The molecule has 3 aromatic rings. The number of aliphatic hydroxyl groups is 1. The number of ether oxygens (including phenoxy) is 3. The molecule has 38 heavy (non-hydrogen) atoms. The van der Waals surface area contributed by atoms with Gasteiger partial charge in [-0.05, 0) is 29.7 Å². The van der Waals surface area contributed by atoms with E-state index in [1.54, 1.807) is 18.5 Å². The van der Waals surface area contributed by atoms with Gasteiger partial charge in [-0.1, -0.05) is 60.3 Å². The second-order valence-corrected chi connectivity index (χ2v) is 9.89. The van der Waals surface area contributed by atoms with Crippen LogP contribution >= 0.6 is 11.8 Å². The first kappa shape index (κ1) is 27.7. The maximum absolute atomic E-state index is 12.1. The van der Waals surface area contributed by atoms with Crippen LogP contribution in [0.3, 0.4) is 0 Å². The van der Waals surface area contributed by atoms with Gasteiger partial charge < -0.3 is 24.6 Å². The topological polar surface area (TPSA) is 120 Å². The summed E-state index contributed by atoms with van der Waals surface area (Å²) in [5, 5.41) is 12.9. The molecule has 200 valence electrons. The van der Waals surface area contributed by atoms with Crippen molar-refractivity contribution in [2.24, 2.45) is 0 Å². The molecule has 2 heterocycles. The first-order valence-corrected chi connectivity index (χ1v) is 13.3. The maximum Gasteiger partial charge on any atom is 0.303 e. The highest BCUT2D eigenvalue weighted by molar-refractivity contribution is 7.99. The molecule has 2 N–H and O–H groups in total. The number of benzene rings is 2. The largest absolute Gasteiger partial charge is 0.453 e. The maximum atomic E-state index is 12.1. The summed E-state index contributed by atoms with van der Waals surface area (Å²) in [7, 11) is 0.